The highest BCUT2D eigenvalue weighted by molar-refractivity contribution is 7.91. The third-order valence-electron chi connectivity index (χ3n) is 4.44. The summed E-state index contributed by atoms with van der Waals surface area (Å²) in [5.41, 5.74) is 0.864. The molecule has 0 amide bonds. The zero-order valence-corrected chi connectivity index (χ0v) is 15.5. The summed E-state index contributed by atoms with van der Waals surface area (Å²) < 4.78 is 31.9. The van der Waals surface area contributed by atoms with E-state index in [0.29, 0.717) is 37.3 Å². The number of nitro groups is 1. The first-order chi connectivity index (χ1) is 13.5. The van der Waals surface area contributed by atoms with E-state index in [1.54, 1.807) is 18.2 Å². The van der Waals surface area contributed by atoms with E-state index < -0.39 is 14.8 Å². The molecule has 3 aromatic rings. The number of morpholine rings is 1. The van der Waals surface area contributed by atoms with Crippen LogP contribution in [0.4, 0.5) is 11.5 Å². The monoisotopic (exact) mass is 400 g/mol. The number of hydrogen-bond donors (Lipinski definition) is 0. The molecular weight excluding hydrogens is 384 g/mol. The van der Waals surface area contributed by atoms with E-state index in [2.05, 4.69) is 9.97 Å². The third kappa shape index (κ3) is 3.27. The van der Waals surface area contributed by atoms with Gasteiger partial charge in [0.2, 0.25) is 14.9 Å². The molecule has 2 heterocycles. The van der Waals surface area contributed by atoms with Gasteiger partial charge in [-0.05, 0) is 24.3 Å². The van der Waals surface area contributed by atoms with E-state index in [0.717, 1.165) is 12.1 Å². The molecule has 0 atom stereocenters. The molecular formula is C18H16N4O5S. The number of nitro benzene ring substituents is 1. The number of hydrogen-bond acceptors (Lipinski definition) is 8. The van der Waals surface area contributed by atoms with Gasteiger partial charge in [0.25, 0.3) is 5.69 Å². The molecule has 2 aromatic carbocycles. The summed E-state index contributed by atoms with van der Waals surface area (Å²) in [6.45, 7) is 1.92. The van der Waals surface area contributed by atoms with Gasteiger partial charge in [-0.25, -0.2) is 18.4 Å². The maximum Gasteiger partial charge on any atom is 0.269 e. The Morgan fingerprint density at radius 1 is 0.964 bits per heavy atom. The van der Waals surface area contributed by atoms with Crippen LogP contribution in [-0.2, 0) is 14.6 Å². The predicted molar refractivity (Wildman–Crippen MR) is 101 cm³/mol. The Kier molecular flexibility index (Phi) is 4.65. The van der Waals surface area contributed by atoms with Gasteiger partial charge in [-0.1, -0.05) is 12.1 Å². The number of anilines is 1. The van der Waals surface area contributed by atoms with Crippen molar-refractivity contribution < 1.29 is 18.1 Å². The first-order valence-electron chi connectivity index (χ1n) is 8.56. The van der Waals surface area contributed by atoms with Crippen LogP contribution in [0.1, 0.15) is 0 Å². The molecule has 144 valence electrons. The molecule has 0 bridgehead atoms. The van der Waals surface area contributed by atoms with E-state index >= 15 is 0 Å². The maximum atomic E-state index is 13.3. The van der Waals surface area contributed by atoms with Crippen molar-refractivity contribution in [2.45, 2.75) is 9.92 Å². The Morgan fingerprint density at radius 2 is 1.57 bits per heavy atom. The van der Waals surface area contributed by atoms with Crippen molar-refractivity contribution >= 4 is 32.4 Å². The number of ether oxygens (including phenoxy) is 1. The van der Waals surface area contributed by atoms with Crippen molar-refractivity contribution in [2.24, 2.45) is 0 Å². The van der Waals surface area contributed by atoms with Crippen molar-refractivity contribution in [3.63, 3.8) is 0 Å². The molecule has 0 aliphatic carbocycles. The second kappa shape index (κ2) is 7.13. The summed E-state index contributed by atoms with van der Waals surface area (Å²) in [5, 5.41) is 10.7. The summed E-state index contributed by atoms with van der Waals surface area (Å²) in [5.74, 6) is 0.264. The molecule has 0 saturated carbocycles. The van der Waals surface area contributed by atoms with Gasteiger partial charge in [-0.3, -0.25) is 10.1 Å². The average molecular weight is 400 g/mol. The molecule has 1 aliphatic heterocycles. The smallest absolute Gasteiger partial charge is 0.269 e. The molecule has 28 heavy (non-hydrogen) atoms. The Morgan fingerprint density at radius 3 is 2.18 bits per heavy atom. The van der Waals surface area contributed by atoms with E-state index in [1.165, 1.54) is 12.1 Å². The standard InChI is InChI=1S/C18H16N4O5S/c23-22(24)13-5-7-14(8-6-13)28(25,26)18-17(21-9-11-27-12-10-21)19-15-3-1-2-4-16(15)20-18/h1-8H,9-12H2. The van der Waals surface area contributed by atoms with Gasteiger partial charge in [0, 0.05) is 25.2 Å². The van der Waals surface area contributed by atoms with Gasteiger partial charge in [-0.2, -0.15) is 0 Å². The fourth-order valence-corrected chi connectivity index (χ4v) is 4.35. The highest BCUT2D eigenvalue weighted by Gasteiger charge is 2.29. The molecule has 4 rings (SSSR count). The van der Waals surface area contributed by atoms with Crippen LogP contribution in [0.2, 0.25) is 0 Å². The number of sulfone groups is 1. The molecule has 0 unspecified atom stereocenters. The number of nitrogens with zero attached hydrogens (tertiary/aromatic N) is 4. The van der Waals surface area contributed by atoms with E-state index in [-0.39, 0.29) is 21.4 Å². The number of aromatic nitrogens is 2. The van der Waals surface area contributed by atoms with Crippen LogP contribution in [0.15, 0.2) is 58.5 Å². The van der Waals surface area contributed by atoms with Crippen molar-refractivity contribution in [2.75, 3.05) is 31.2 Å². The molecule has 10 heteroatoms. The van der Waals surface area contributed by atoms with Crippen LogP contribution >= 0.6 is 0 Å². The molecule has 1 saturated heterocycles. The maximum absolute atomic E-state index is 13.3. The lowest BCUT2D eigenvalue weighted by Gasteiger charge is -2.29. The minimum atomic E-state index is -4.03. The number of para-hydroxylation sites is 2. The number of fused-ring (bicyclic) bond motifs is 1. The fourth-order valence-electron chi connectivity index (χ4n) is 2.99. The molecule has 0 radical (unpaired) electrons. The van der Waals surface area contributed by atoms with Crippen LogP contribution in [0, 0.1) is 10.1 Å². The Labute approximate surface area is 160 Å². The Bertz CT molecular complexity index is 1140. The summed E-state index contributed by atoms with van der Waals surface area (Å²) >= 11 is 0. The third-order valence-corrected chi connectivity index (χ3v) is 6.12. The highest BCUT2D eigenvalue weighted by Crippen LogP contribution is 2.30. The van der Waals surface area contributed by atoms with E-state index in [9.17, 15) is 18.5 Å². The molecule has 0 spiro atoms. The summed E-state index contributed by atoms with van der Waals surface area (Å²) in [6.07, 6.45) is 0. The lowest BCUT2D eigenvalue weighted by molar-refractivity contribution is -0.384. The van der Waals surface area contributed by atoms with E-state index in [4.69, 9.17) is 4.74 Å². The predicted octanol–water partition coefficient (Wildman–Crippen LogP) is 2.21. The first kappa shape index (κ1) is 18.3. The molecule has 0 N–H and O–H groups in total. The summed E-state index contributed by atoms with van der Waals surface area (Å²) in [7, 11) is -4.03. The van der Waals surface area contributed by atoms with Gasteiger partial charge >= 0.3 is 0 Å². The molecule has 1 aliphatic rings. The molecule has 9 nitrogen and oxygen atoms in total. The van der Waals surface area contributed by atoms with Crippen molar-refractivity contribution in [1.29, 1.82) is 0 Å². The Hall–Kier alpha value is -3.11. The number of non-ortho nitro benzene ring substituents is 1. The van der Waals surface area contributed by atoms with Crippen LogP contribution < -0.4 is 4.90 Å². The largest absolute Gasteiger partial charge is 0.378 e. The quantitative estimate of drug-likeness (QED) is 0.483. The second-order valence-electron chi connectivity index (χ2n) is 6.19. The number of rotatable bonds is 4. The minimum absolute atomic E-state index is 0.0720. The second-order valence-corrected chi connectivity index (χ2v) is 8.06. The van der Waals surface area contributed by atoms with Gasteiger partial charge in [0.05, 0.1) is 34.1 Å². The molecule has 1 aromatic heterocycles. The minimum Gasteiger partial charge on any atom is -0.378 e. The fraction of sp³-hybridized carbons (Fsp3) is 0.222. The lowest BCUT2D eigenvalue weighted by atomic mass is 10.3. The summed E-state index contributed by atoms with van der Waals surface area (Å²) in [6, 6.07) is 11.8. The highest BCUT2D eigenvalue weighted by atomic mass is 32.2. The van der Waals surface area contributed by atoms with Crippen LogP contribution in [-0.4, -0.2) is 49.6 Å². The van der Waals surface area contributed by atoms with Crippen molar-refractivity contribution in [3.05, 3.63) is 58.6 Å². The van der Waals surface area contributed by atoms with Crippen molar-refractivity contribution in [3.8, 4) is 0 Å². The van der Waals surface area contributed by atoms with Crippen LogP contribution in [0.3, 0.4) is 0 Å². The zero-order valence-electron chi connectivity index (χ0n) is 14.7. The normalized spacial score (nSPS) is 14.9. The topological polar surface area (TPSA) is 116 Å². The SMILES string of the molecule is O=[N+]([O-])c1ccc(S(=O)(=O)c2nc3ccccc3nc2N2CCOCC2)cc1. The lowest BCUT2D eigenvalue weighted by Crippen LogP contribution is -2.38. The zero-order chi connectivity index (χ0) is 19.7. The van der Waals surface area contributed by atoms with Gasteiger partial charge < -0.3 is 9.64 Å². The van der Waals surface area contributed by atoms with Crippen LogP contribution in [0.5, 0.6) is 0 Å². The van der Waals surface area contributed by atoms with Gasteiger partial charge in [0.1, 0.15) is 0 Å². The van der Waals surface area contributed by atoms with E-state index in [1.807, 2.05) is 11.0 Å². The average Bonchev–Trinajstić information content (AvgIpc) is 2.73. The summed E-state index contributed by atoms with van der Waals surface area (Å²) in [4.78, 5) is 21.0. The molecule has 1 fully saturated rings. The first-order valence-corrected chi connectivity index (χ1v) is 10.0. The number of benzene rings is 2. The van der Waals surface area contributed by atoms with Gasteiger partial charge in [0.15, 0.2) is 5.82 Å². The van der Waals surface area contributed by atoms with Crippen molar-refractivity contribution in [1.82, 2.24) is 9.97 Å². The van der Waals surface area contributed by atoms with Gasteiger partial charge in [-0.15, -0.1) is 0 Å². The Balaban J connectivity index is 1.88. The van der Waals surface area contributed by atoms with Crippen LogP contribution in [0.25, 0.3) is 11.0 Å².